The molecule has 5 rings (SSSR count). The van der Waals surface area contributed by atoms with E-state index in [4.69, 9.17) is 54.0 Å². The number of thiazole rings is 1. The SMILES string of the molecule is N#Cc1sc(NCCNc2nc(-c3ccc(Cl)cc3Cl)cc3nc(CN4CCOCC4)nn23)nc1N. The van der Waals surface area contributed by atoms with E-state index in [1.165, 1.54) is 11.3 Å². The van der Waals surface area contributed by atoms with E-state index in [0.717, 1.165) is 18.7 Å². The number of halogens is 2. The Bertz CT molecular complexity index is 1430. The first-order valence-corrected chi connectivity index (χ1v) is 12.7. The standard InChI is InChI=1S/C22H22Cl2N10OS/c23-13-1-2-14(15(24)9-13)16-10-19-30-18(12-33-5-7-35-8-6-33)32-34(19)21(29-16)27-3-4-28-22-31-20(26)17(11-25)36-22/h1-2,9-10H,3-8,12,26H2,(H,27,29)(H,28,31). The number of nitrogen functional groups attached to an aromatic ring is 1. The van der Waals surface area contributed by atoms with Crippen molar-refractivity contribution in [3.05, 3.63) is 45.0 Å². The summed E-state index contributed by atoms with van der Waals surface area (Å²) in [7, 11) is 0. The zero-order valence-corrected chi connectivity index (χ0v) is 21.4. The number of fused-ring (bicyclic) bond motifs is 1. The Morgan fingerprint density at radius 2 is 1.92 bits per heavy atom. The maximum Gasteiger partial charge on any atom is 0.226 e. The van der Waals surface area contributed by atoms with Crippen molar-refractivity contribution >= 4 is 57.1 Å². The number of aromatic nitrogens is 5. The molecule has 36 heavy (non-hydrogen) atoms. The van der Waals surface area contributed by atoms with Gasteiger partial charge in [0.2, 0.25) is 5.95 Å². The molecule has 1 aliphatic heterocycles. The van der Waals surface area contributed by atoms with Crippen molar-refractivity contribution in [1.29, 1.82) is 5.26 Å². The molecule has 4 heterocycles. The van der Waals surface area contributed by atoms with Crippen molar-refractivity contribution in [2.45, 2.75) is 6.54 Å². The van der Waals surface area contributed by atoms with Crippen LogP contribution in [0.25, 0.3) is 16.9 Å². The molecule has 1 fully saturated rings. The Hall–Kier alpha value is -3.21. The van der Waals surface area contributed by atoms with Crippen LogP contribution in [0.4, 0.5) is 16.9 Å². The summed E-state index contributed by atoms with van der Waals surface area (Å²) in [5, 5.41) is 21.9. The molecule has 11 nitrogen and oxygen atoms in total. The predicted molar refractivity (Wildman–Crippen MR) is 141 cm³/mol. The van der Waals surface area contributed by atoms with Gasteiger partial charge in [0.15, 0.2) is 22.4 Å². The van der Waals surface area contributed by atoms with Gasteiger partial charge in [-0.2, -0.15) is 9.78 Å². The topological polar surface area (TPSA) is 142 Å². The molecule has 0 radical (unpaired) electrons. The zero-order valence-electron chi connectivity index (χ0n) is 19.0. The largest absolute Gasteiger partial charge is 0.382 e. The number of nitrogens with one attached hydrogen (secondary N) is 2. The number of anilines is 3. The monoisotopic (exact) mass is 544 g/mol. The Morgan fingerprint density at radius 1 is 1.11 bits per heavy atom. The molecule has 4 aromatic rings. The van der Waals surface area contributed by atoms with Crippen LogP contribution in [0, 0.1) is 11.3 Å². The van der Waals surface area contributed by atoms with Gasteiger partial charge in [0.1, 0.15) is 10.9 Å². The summed E-state index contributed by atoms with van der Waals surface area (Å²) in [6.07, 6.45) is 0. The van der Waals surface area contributed by atoms with Crippen molar-refractivity contribution < 1.29 is 4.74 Å². The molecule has 0 atom stereocenters. The van der Waals surface area contributed by atoms with Crippen LogP contribution in [0.2, 0.25) is 10.0 Å². The number of ether oxygens (including phenoxy) is 1. The third-order valence-corrected chi connectivity index (χ3v) is 6.97. The molecule has 0 unspecified atom stereocenters. The molecule has 0 spiro atoms. The first-order chi connectivity index (χ1) is 17.5. The Balaban J connectivity index is 1.39. The van der Waals surface area contributed by atoms with Gasteiger partial charge in [-0.05, 0) is 18.2 Å². The number of hydrogen-bond donors (Lipinski definition) is 3. The van der Waals surface area contributed by atoms with Gasteiger partial charge in [-0.1, -0.05) is 34.5 Å². The van der Waals surface area contributed by atoms with Crippen LogP contribution in [-0.4, -0.2) is 68.9 Å². The van der Waals surface area contributed by atoms with Gasteiger partial charge in [-0.3, -0.25) is 4.90 Å². The maximum atomic E-state index is 9.06. The van der Waals surface area contributed by atoms with Crippen molar-refractivity contribution in [3.63, 3.8) is 0 Å². The van der Waals surface area contributed by atoms with E-state index in [0.29, 0.717) is 76.0 Å². The molecule has 0 bridgehead atoms. The van der Waals surface area contributed by atoms with Crippen LogP contribution >= 0.6 is 34.5 Å². The molecular weight excluding hydrogens is 523 g/mol. The Labute approximate surface area is 220 Å². The third kappa shape index (κ3) is 5.45. The van der Waals surface area contributed by atoms with Gasteiger partial charge in [0, 0.05) is 42.8 Å². The molecule has 0 aliphatic carbocycles. The molecule has 1 aliphatic rings. The highest BCUT2D eigenvalue weighted by molar-refractivity contribution is 7.16. The second kappa shape index (κ2) is 10.8. The highest BCUT2D eigenvalue weighted by Crippen LogP contribution is 2.30. The summed E-state index contributed by atoms with van der Waals surface area (Å²) >= 11 is 13.8. The summed E-state index contributed by atoms with van der Waals surface area (Å²) in [6, 6.07) is 9.18. The fourth-order valence-corrected chi connectivity index (χ4v) is 4.95. The van der Waals surface area contributed by atoms with Crippen LogP contribution < -0.4 is 16.4 Å². The average molecular weight is 545 g/mol. The van der Waals surface area contributed by atoms with E-state index in [2.05, 4.69) is 20.5 Å². The van der Waals surface area contributed by atoms with Gasteiger partial charge in [-0.25, -0.2) is 15.0 Å². The minimum Gasteiger partial charge on any atom is -0.382 e. The summed E-state index contributed by atoms with van der Waals surface area (Å²) in [4.78, 5) is 16.3. The van der Waals surface area contributed by atoms with Crippen LogP contribution in [0.5, 0.6) is 0 Å². The second-order valence-electron chi connectivity index (χ2n) is 7.97. The number of rotatable bonds is 8. The number of benzene rings is 1. The average Bonchev–Trinajstić information content (AvgIpc) is 3.44. The molecule has 3 aromatic heterocycles. The third-order valence-electron chi connectivity index (χ3n) is 5.48. The Morgan fingerprint density at radius 3 is 2.67 bits per heavy atom. The van der Waals surface area contributed by atoms with Gasteiger partial charge in [0.25, 0.3) is 0 Å². The summed E-state index contributed by atoms with van der Waals surface area (Å²) in [5.74, 6) is 1.44. The van der Waals surface area contributed by atoms with E-state index < -0.39 is 0 Å². The van der Waals surface area contributed by atoms with E-state index in [1.54, 1.807) is 16.6 Å². The number of nitriles is 1. The molecule has 1 aromatic carbocycles. The fraction of sp³-hybridized carbons (Fsp3) is 0.318. The van der Waals surface area contributed by atoms with Crippen molar-refractivity contribution in [2.75, 3.05) is 55.8 Å². The molecule has 0 saturated carbocycles. The fourth-order valence-electron chi connectivity index (χ4n) is 3.74. The quantitative estimate of drug-likeness (QED) is 0.282. The summed E-state index contributed by atoms with van der Waals surface area (Å²) in [5.41, 5.74) is 7.77. The summed E-state index contributed by atoms with van der Waals surface area (Å²) < 4.78 is 7.13. The smallest absolute Gasteiger partial charge is 0.226 e. The van der Waals surface area contributed by atoms with Crippen molar-refractivity contribution in [1.82, 2.24) is 29.5 Å². The molecular formula is C22H22Cl2N10OS. The van der Waals surface area contributed by atoms with E-state index in [-0.39, 0.29) is 5.82 Å². The number of nitrogens with two attached hydrogens (primary N) is 1. The molecule has 4 N–H and O–H groups in total. The molecule has 186 valence electrons. The van der Waals surface area contributed by atoms with E-state index >= 15 is 0 Å². The molecule has 1 saturated heterocycles. The first-order valence-electron chi connectivity index (χ1n) is 11.2. The van der Waals surface area contributed by atoms with Gasteiger partial charge < -0.3 is 21.1 Å². The lowest BCUT2D eigenvalue weighted by atomic mass is 10.1. The lowest BCUT2D eigenvalue weighted by Gasteiger charge is -2.25. The van der Waals surface area contributed by atoms with E-state index in [1.807, 2.05) is 18.2 Å². The van der Waals surface area contributed by atoms with E-state index in [9.17, 15) is 0 Å². The highest BCUT2D eigenvalue weighted by atomic mass is 35.5. The van der Waals surface area contributed by atoms with Crippen LogP contribution in [0.15, 0.2) is 24.3 Å². The summed E-state index contributed by atoms with van der Waals surface area (Å²) in [6.45, 7) is 4.72. The first kappa shape index (κ1) is 24.5. The number of nitrogens with zero attached hydrogens (tertiary/aromatic N) is 7. The maximum absolute atomic E-state index is 9.06. The number of morpholine rings is 1. The lowest BCUT2D eigenvalue weighted by Crippen LogP contribution is -2.35. The molecule has 0 amide bonds. The molecule has 14 heteroatoms. The Kier molecular flexibility index (Phi) is 7.35. The van der Waals surface area contributed by atoms with Crippen LogP contribution in [-0.2, 0) is 11.3 Å². The van der Waals surface area contributed by atoms with Gasteiger partial charge >= 0.3 is 0 Å². The minimum atomic E-state index is 0.226. The predicted octanol–water partition coefficient (Wildman–Crippen LogP) is 3.36. The minimum absolute atomic E-state index is 0.226. The lowest BCUT2D eigenvalue weighted by molar-refractivity contribution is 0.0331. The van der Waals surface area contributed by atoms with Crippen LogP contribution in [0.3, 0.4) is 0 Å². The zero-order chi connectivity index (χ0) is 25.1. The van der Waals surface area contributed by atoms with Gasteiger partial charge in [0.05, 0.1) is 30.5 Å². The van der Waals surface area contributed by atoms with Crippen molar-refractivity contribution in [3.8, 4) is 17.3 Å². The van der Waals surface area contributed by atoms with Crippen LogP contribution in [0.1, 0.15) is 10.7 Å². The normalized spacial score (nSPS) is 14.1. The van der Waals surface area contributed by atoms with Gasteiger partial charge in [-0.15, -0.1) is 5.10 Å². The van der Waals surface area contributed by atoms with Crippen molar-refractivity contribution in [2.24, 2.45) is 0 Å². The number of hydrogen-bond acceptors (Lipinski definition) is 11. The highest BCUT2D eigenvalue weighted by Gasteiger charge is 2.17. The second-order valence-corrected chi connectivity index (χ2v) is 9.82.